The quantitative estimate of drug-likeness (QED) is 0.494. The van der Waals surface area contributed by atoms with Gasteiger partial charge in [-0.1, -0.05) is 6.08 Å². The van der Waals surface area contributed by atoms with Crippen LogP contribution in [0.4, 0.5) is 10.2 Å². The van der Waals surface area contributed by atoms with Crippen LogP contribution in [-0.2, 0) is 11.8 Å². The van der Waals surface area contributed by atoms with Crippen LogP contribution in [0.5, 0.6) is 0 Å². The fraction of sp³-hybridized carbons (Fsp3) is 0.0870. The first-order valence-electron chi connectivity index (χ1n) is 9.15. The Morgan fingerprint density at radius 1 is 1.10 bits per heavy atom. The molecule has 1 amide bonds. The topological polar surface area (TPSA) is 59.8 Å². The highest BCUT2D eigenvalue weighted by Crippen LogP contribution is 2.40. The largest absolute Gasteiger partial charge is 0.328 e. The van der Waals surface area contributed by atoms with Gasteiger partial charge in [-0.25, -0.2) is 9.37 Å². The Balaban J connectivity index is 1.94. The summed E-state index contributed by atoms with van der Waals surface area (Å²) in [5, 5.41) is 3.71. The summed E-state index contributed by atoms with van der Waals surface area (Å²) >= 11 is 0. The summed E-state index contributed by atoms with van der Waals surface area (Å²) in [6, 6.07) is 14.0. The summed E-state index contributed by atoms with van der Waals surface area (Å²) in [4.78, 5) is 20.7. The van der Waals surface area contributed by atoms with Gasteiger partial charge in [0.15, 0.2) is 0 Å². The third kappa shape index (κ3) is 3.52. The van der Waals surface area contributed by atoms with Crippen LogP contribution in [0, 0.1) is 5.82 Å². The molecule has 0 radical (unpaired) electrons. The first kappa shape index (κ1) is 18.6. The molecule has 3 heterocycles. The molecule has 0 saturated heterocycles. The second-order valence-corrected chi connectivity index (χ2v) is 6.63. The highest BCUT2D eigenvalue weighted by atomic mass is 19.1. The van der Waals surface area contributed by atoms with Gasteiger partial charge in [-0.05, 0) is 59.7 Å². The molecule has 0 spiro atoms. The Labute approximate surface area is 167 Å². The van der Waals surface area contributed by atoms with Crippen LogP contribution in [0.1, 0.15) is 6.42 Å². The van der Waals surface area contributed by atoms with Crippen molar-refractivity contribution in [3.05, 3.63) is 79.4 Å². The van der Waals surface area contributed by atoms with E-state index in [1.54, 1.807) is 36.7 Å². The molecule has 0 aliphatic heterocycles. The monoisotopic (exact) mass is 386 g/mol. The third-order valence-electron chi connectivity index (χ3n) is 4.72. The molecule has 29 heavy (non-hydrogen) atoms. The summed E-state index contributed by atoms with van der Waals surface area (Å²) < 4.78 is 15.5. The maximum Gasteiger partial charge on any atom is 0.229 e. The van der Waals surface area contributed by atoms with Gasteiger partial charge in [-0.2, -0.15) is 0 Å². The second-order valence-electron chi connectivity index (χ2n) is 6.63. The van der Waals surface area contributed by atoms with E-state index >= 15 is 0 Å². The Hall–Kier alpha value is -3.80. The molecule has 0 atom stereocenters. The molecule has 4 aromatic rings. The van der Waals surface area contributed by atoms with Crippen molar-refractivity contribution in [1.82, 2.24) is 14.5 Å². The maximum atomic E-state index is 13.5. The van der Waals surface area contributed by atoms with Crippen LogP contribution >= 0.6 is 0 Å². The molecular formula is C23H19FN4O. The smallest absolute Gasteiger partial charge is 0.229 e. The first-order chi connectivity index (χ1) is 14.1. The van der Waals surface area contributed by atoms with E-state index in [1.807, 2.05) is 29.8 Å². The van der Waals surface area contributed by atoms with Gasteiger partial charge in [0, 0.05) is 36.8 Å². The number of carbonyl (C=O) groups is 1. The van der Waals surface area contributed by atoms with Gasteiger partial charge in [-0.15, -0.1) is 6.58 Å². The number of benzene rings is 1. The number of pyridine rings is 2. The number of hydrogen-bond donors (Lipinski definition) is 1. The van der Waals surface area contributed by atoms with Crippen LogP contribution in [0.3, 0.4) is 0 Å². The number of aryl methyl sites for hydroxylation is 1. The summed E-state index contributed by atoms with van der Waals surface area (Å²) in [6.07, 6.45) is 5.24. The minimum Gasteiger partial charge on any atom is -0.328 e. The fourth-order valence-electron chi connectivity index (χ4n) is 3.45. The lowest BCUT2D eigenvalue weighted by atomic mass is 9.99. The minimum absolute atomic E-state index is 0.172. The minimum atomic E-state index is -0.289. The number of hydrogen-bond acceptors (Lipinski definition) is 3. The average molecular weight is 386 g/mol. The van der Waals surface area contributed by atoms with Crippen molar-refractivity contribution in [2.24, 2.45) is 7.05 Å². The molecule has 0 bridgehead atoms. The van der Waals surface area contributed by atoms with Crippen molar-refractivity contribution >= 4 is 22.8 Å². The first-order valence-corrected chi connectivity index (χ1v) is 9.15. The predicted octanol–water partition coefficient (Wildman–Crippen LogP) is 4.96. The van der Waals surface area contributed by atoms with Crippen molar-refractivity contribution in [3.8, 4) is 22.4 Å². The second kappa shape index (κ2) is 7.67. The summed E-state index contributed by atoms with van der Waals surface area (Å²) in [7, 11) is 1.91. The molecule has 0 aliphatic rings. The molecule has 1 aromatic carbocycles. The van der Waals surface area contributed by atoms with Crippen LogP contribution < -0.4 is 5.32 Å². The molecule has 144 valence electrons. The van der Waals surface area contributed by atoms with Crippen molar-refractivity contribution < 1.29 is 9.18 Å². The van der Waals surface area contributed by atoms with E-state index in [9.17, 15) is 9.18 Å². The van der Waals surface area contributed by atoms with Gasteiger partial charge >= 0.3 is 0 Å². The van der Waals surface area contributed by atoms with Crippen LogP contribution in [-0.4, -0.2) is 20.4 Å². The van der Waals surface area contributed by atoms with Crippen molar-refractivity contribution in [2.45, 2.75) is 6.42 Å². The predicted molar refractivity (Wildman–Crippen MR) is 113 cm³/mol. The summed E-state index contributed by atoms with van der Waals surface area (Å²) in [5.41, 5.74) is 4.46. The zero-order chi connectivity index (χ0) is 20.4. The van der Waals surface area contributed by atoms with E-state index in [1.165, 1.54) is 12.1 Å². The van der Waals surface area contributed by atoms with E-state index in [2.05, 4.69) is 21.9 Å². The van der Waals surface area contributed by atoms with Gasteiger partial charge in [0.1, 0.15) is 17.3 Å². The molecule has 3 aromatic heterocycles. The van der Waals surface area contributed by atoms with Crippen LogP contribution in [0.25, 0.3) is 33.4 Å². The van der Waals surface area contributed by atoms with Gasteiger partial charge in [0.25, 0.3) is 0 Å². The number of rotatable bonds is 5. The zero-order valence-corrected chi connectivity index (χ0v) is 15.9. The normalized spacial score (nSPS) is 10.8. The number of carbonyl (C=O) groups excluding carboxylic acids is 1. The lowest BCUT2D eigenvalue weighted by Crippen LogP contribution is -2.11. The van der Waals surface area contributed by atoms with Gasteiger partial charge in [0.2, 0.25) is 5.91 Å². The number of nitrogens with zero attached hydrogens (tertiary/aromatic N) is 3. The van der Waals surface area contributed by atoms with Crippen molar-refractivity contribution in [3.63, 3.8) is 0 Å². The molecule has 6 heteroatoms. The number of fused-ring (bicyclic) bond motifs is 1. The van der Waals surface area contributed by atoms with Crippen LogP contribution in [0.15, 0.2) is 73.6 Å². The van der Waals surface area contributed by atoms with Gasteiger partial charge < -0.3 is 9.88 Å². The lowest BCUT2D eigenvalue weighted by molar-refractivity contribution is -0.115. The van der Waals surface area contributed by atoms with Gasteiger partial charge in [-0.3, -0.25) is 9.78 Å². The summed E-state index contributed by atoms with van der Waals surface area (Å²) in [5.74, 6) is 0.00868. The number of aromatic nitrogens is 3. The average Bonchev–Trinajstić information content (AvgIpc) is 3.01. The number of halogens is 1. The standard InChI is InChI=1S/C23H19FN4O/c1-3-4-20(29)26-19-10-9-18-21(15-11-13-25-14-12-15)22(28(2)23(18)27-19)16-5-7-17(24)8-6-16/h3,5-14H,1,4H2,2H3,(H,26,27,29). The maximum absolute atomic E-state index is 13.5. The number of anilines is 1. The molecule has 0 aliphatic carbocycles. The molecule has 4 rings (SSSR count). The Bertz CT molecular complexity index is 1200. The highest BCUT2D eigenvalue weighted by Gasteiger charge is 2.20. The Kier molecular flexibility index (Phi) is 4.91. The third-order valence-corrected chi connectivity index (χ3v) is 4.72. The fourth-order valence-corrected chi connectivity index (χ4v) is 3.45. The Morgan fingerprint density at radius 3 is 2.52 bits per heavy atom. The highest BCUT2D eigenvalue weighted by molar-refractivity contribution is 6.04. The number of nitrogens with one attached hydrogen (secondary N) is 1. The van der Waals surface area contributed by atoms with Gasteiger partial charge in [0.05, 0.1) is 5.69 Å². The van der Waals surface area contributed by atoms with E-state index in [0.29, 0.717) is 11.5 Å². The zero-order valence-electron chi connectivity index (χ0n) is 15.9. The molecule has 0 fully saturated rings. The van der Waals surface area contributed by atoms with E-state index in [4.69, 9.17) is 0 Å². The molecule has 5 nitrogen and oxygen atoms in total. The summed E-state index contributed by atoms with van der Waals surface area (Å²) in [6.45, 7) is 3.58. The van der Waals surface area contributed by atoms with Crippen molar-refractivity contribution in [2.75, 3.05) is 5.32 Å². The van der Waals surface area contributed by atoms with E-state index in [-0.39, 0.29) is 18.1 Å². The molecule has 0 unspecified atom stereocenters. The van der Waals surface area contributed by atoms with E-state index < -0.39 is 0 Å². The molecule has 1 N–H and O–H groups in total. The SMILES string of the molecule is C=CCC(=O)Nc1ccc2c(-c3ccncc3)c(-c3ccc(F)cc3)n(C)c2n1. The lowest BCUT2D eigenvalue weighted by Gasteiger charge is -2.08. The van der Waals surface area contributed by atoms with E-state index in [0.717, 1.165) is 27.8 Å². The van der Waals surface area contributed by atoms with Crippen molar-refractivity contribution in [1.29, 1.82) is 0 Å². The molecular weight excluding hydrogens is 367 g/mol. The molecule has 0 saturated carbocycles. The van der Waals surface area contributed by atoms with Crippen LogP contribution in [0.2, 0.25) is 0 Å². The Morgan fingerprint density at radius 2 is 1.83 bits per heavy atom. The number of amides is 1.